The average Bonchev–Trinajstić information content (AvgIpc) is 2.70. The van der Waals surface area contributed by atoms with E-state index < -0.39 is 0 Å². The van der Waals surface area contributed by atoms with E-state index in [1.54, 1.807) is 0 Å². The van der Waals surface area contributed by atoms with Crippen molar-refractivity contribution in [3.05, 3.63) is 12.2 Å². The molecule has 3 heteroatoms. The molecule has 0 saturated carbocycles. The van der Waals surface area contributed by atoms with Crippen molar-refractivity contribution in [2.24, 2.45) is 5.92 Å². The third-order valence-electron chi connectivity index (χ3n) is 3.21. The van der Waals surface area contributed by atoms with E-state index in [9.17, 15) is 0 Å². The summed E-state index contributed by atoms with van der Waals surface area (Å²) in [5.41, 5.74) is 3.55. The van der Waals surface area contributed by atoms with E-state index >= 15 is 0 Å². The van der Waals surface area contributed by atoms with Gasteiger partial charge in [-0.15, -0.1) is 0 Å². The lowest BCUT2D eigenvalue weighted by Gasteiger charge is -2.33. The van der Waals surface area contributed by atoms with E-state index in [4.69, 9.17) is 0 Å². The van der Waals surface area contributed by atoms with Gasteiger partial charge in [0.15, 0.2) is 0 Å². The standard InChI is InChI=1S/C11H21N3/c1-13-6-8-14(9-7-13)12-10-11-4-2-3-5-11/h2-3,11-12H,4-10H2,1H3. The van der Waals surface area contributed by atoms with Crippen LogP contribution in [0.25, 0.3) is 0 Å². The predicted octanol–water partition coefficient (Wildman–Crippen LogP) is 0.705. The topological polar surface area (TPSA) is 18.5 Å². The molecule has 0 amide bonds. The summed E-state index contributed by atoms with van der Waals surface area (Å²) >= 11 is 0. The molecule has 1 heterocycles. The van der Waals surface area contributed by atoms with Crippen LogP contribution in [-0.4, -0.2) is 49.7 Å². The molecule has 1 N–H and O–H groups in total. The monoisotopic (exact) mass is 195 g/mol. The number of hydrogen-bond donors (Lipinski definition) is 1. The summed E-state index contributed by atoms with van der Waals surface area (Å²) in [5, 5.41) is 2.37. The molecule has 0 aromatic rings. The molecule has 0 spiro atoms. The summed E-state index contributed by atoms with van der Waals surface area (Å²) in [6.45, 7) is 5.86. The fourth-order valence-corrected chi connectivity index (χ4v) is 2.06. The normalized spacial score (nSPS) is 26.1. The van der Waals surface area contributed by atoms with Gasteiger partial charge in [0.05, 0.1) is 0 Å². The molecule has 1 fully saturated rings. The lowest BCUT2D eigenvalue weighted by Crippen LogP contribution is -2.51. The minimum Gasteiger partial charge on any atom is -0.304 e. The van der Waals surface area contributed by atoms with Gasteiger partial charge < -0.3 is 4.90 Å². The van der Waals surface area contributed by atoms with Crippen LogP contribution in [0.1, 0.15) is 12.8 Å². The van der Waals surface area contributed by atoms with Gasteiger partial charge in [-0.05, 0) is 25.8 Å². The summed E-state index contributed by atoms with van der Waals surface area (Å²) in [6, 6.07) is 0. The Morgan fingerprint density at radius 2 is 1.79 bits per heavy atom. The summed E-state index contributed by atoms with van der Waals surface area (Å²) in [7, 11) is 2.19. The van der Waals surface area contributed by atoms with Crippen LogP contribution in [0, 0.1) is 5.92 Å². The van der Waals surface area contributed by atoms with Crippen LogP contribution < -0.4 is 5.43 Å². The van der Waals surface area contributed by atoms with E-state index in [0.29, 0.717) is 0 Å². The van der Waals surface area contributed by atoms with Crippen LogP contribution in [0.4, 0.5) is 0 Å². The molecule has 3 nitrogen and oxygen atoms in total. The number of hydrogen-bond acceptors (Lipinski definition) is 3. The van der Waals surface area contributed by atoms with E-state index in [1.165, 1.54) is 25.9 Å². The van der Waals surface area contributed by atoms with Gasteiger partial charge in [-0.3, -0.25) is 5.43 Å². The Balaban J connectivity index is 1.61. The number of rotatable bonds is 3. The Labute approximate surface area is 86.7 Å². The van der Waals surface area contributed by atoms with E-state index in [1.807, 2.05) is 0 Å². The van der Waals surface area contributed by atoms with E-state index in [2.05, 4.69) is 34.5 Å². The van der Waals surface area contributed by atoms with Gasteiger partial charge in [0.25, 0.3) is 0 Å². The fraction of sp³-hybridized carbons (Fsp3) is 0.818. The van der Waals surface area contributed by atoms with Crippen molar-refractivity contribution in [3.8, 4) is 0 Å². The van der Waals surface area contributed by atoms with Crippen LogP contribution in [0.2, 0.25) is 0 Å². The number of allylic oxidation sites excluding steroid dienone is 2. The molecule has 2 rings (SSSR count). The smallest absolute Gasteiger partial charge is 0.0259 e. The SMILES string of the molecule is CN1CCN(NCC2CC=CC2)CC1. The molecule has 0 radical (unpaired) electrons. The van der Waals surface area contributed by atoms with Crippen molar-refractivity contribution in [1.82, 2.24) is 15.3 Å². The van der Waals surface area contributed by atoms with Crippen LogP contribution >= 0.6 is 0 Å². The molecule has 0 aromatic carbocycles. The van der Waals surface area contributed by atoms with Gasteiger partial charge >= 0.3 is 0 Å². The first-order valence-corrected chi connectivity index (χ1v) is 5.66. The van der Waals surface area contributed by atoms with Crippen molar-refractivity contribution in [1.29, 1.82) is 0 Å². The molecular weight excluding hydrogens is 174 g/mol. The number of nitrogens with zero attached hydrogens (tertiary/aromatic N) is 2. The number of likely N-dealkylation sites (N-methyl/N-ethyl adjacent to an activating group) is 1. The molecule has 0 aromatic heterocycles. The van der Waals surface area contributed by atoms with Gasteiger partial charge in [-0.1, -0.05) is 12.2 Å². The first kappa shape index (κ1) is 10.1. The number of nitrogens with one attached hydrogen (secondary N) is 1. The minimum atomic E-state index is 0.842. The maximum atomic E-state index is 3.55. The molecule has 14 heavy (non-hydrogen) atoms. The van der Waals surface area contributed by atoms with Crippen LogP contribution in [0.15, 0.2) is 12.2 Å². The Bertz CT molecular complexity index is 187. The van der Waals surface area contributed by atoms with Gasteiger partial charge in [0.1, 0.15) is 0 Å². The minimum absolute atomic E-state index is 0.842. The molecule has 1 aliphatic carbocycles. The highest BCUT2D eigenvalue weighted by atomic mass is 15.5. The molecule has 0 bridgehead atoms. The van der Waals surface area contributed by atoms with Crippen molar-refractivity contribution < 1.29 is 0 Å². The summed E-state index contributed by atoms with van der Waals surface area (Å²) in [6.07, 6.45) is 7.13. The lowest BCUT2D eigenvalue weighted by atomic mass is 10.1. The molecule has 1 saturated heterocycles. The summed E-state index contributed by atoms with van der Waals surface area (Å²) < 4.78 is 0. The average molecular weight is 195 g/mol. The van der Waals surface area contributed by atoms with Crippen LogP contribution in [-0.2, 0) is 0 Å². The third kappa shape index (κ3) is 2.80. The zero-order valence-electron chi connectivity index (χ0n) is 9.08. The predicted molar refractivity (Wildman–Crippen MR) is 58.9 cm³/mol. The molecular formula is C11H21N3. The number of hydrazine groups is 1. The molecule has 0 unspecified atom stereocenters. The second-order valence-corrected chi connectivity index (χ2v) is 4.46. The zero-order chi connectivity index (χ0) is 9.80. The maximum absolute atomic E-state index is 3.55. The largest absolute Gasteiger partial charge is 0.304 e. The van der Waals surface area contributed by atoms with Crippen LogP contribution in [0.3, 0.4) is 0 Å². The lowest BCUT2D eigenvalue weighted by molar-refractivity contribution is 0.0985. The van der Waals surface area contributed by atoms with Gasteiger partial charge in [0.2, 0.25) is 0 Å². The van der Waals surface area contributed by atoms with Gasteiger partial charge in [-0.25, -0.2) is 5.01 Å². The molecule has 2 aliphatic rings. The highest BCUT2D eigenvalue weighted by molar-refractivity contribution is 4.94. The van der Waals surface area contributed by atoms with Crippen molar-refractivity contribution in [2.75, 3.05) is 39.8 Å². The van der Waals surface area contributed by atoms with Crippen LogP contribution in [0.5, 0.6) is 0 Å². The Kier molecular flexibility index (Phi) is 3.56. The zero-order valence-corrected chi connectivity index (χ0v) is 9.08. The quantitative estimate of drug-likeness (QED) is 0.669. The molecule has 0 atom stereocenters. The van der Waals surface area contributed by atoms with E-state index in [-0.39, 0.29) is 0 Å². The van der Waals surface area contributed by atoms with Crippen molar-refractivity contribution >= 4 is 0 Å². The van der Waals surface area contributed by atoms with Crippen molar-refractivity contribution in [2.45, 2.75) is 12.8 Å². The van der Waals surface area contributed by atoms with Crippen molar-refractivity contribution in [3.63, 3.8) is 0 Å². The molecule has 80 valence electrons. The summed E-state index contributed by atoms with van der Waals surface area (Å²) in [4.78, 5) is 2.38. The third-order valence-corrected chi connectivity index (χ3v) is 3.21. The summed E-state index contributed by atoms with van der Waals surface area (Å²) in [5.74, 6) is 0.842. The van der Waals surface area contributed by atoms with E-state index in [0.717, 1.165) is 25.6 Å². The van der Waals surface area contributed by atoms with Gasteiger partial charge in [-0.2, -0.15) is 0 Å². The second-order valence-electron chi connectivity index (χ2n) is 4.46. The Morgan fingerprint density at radius 1 is 1.14 bits per heavy atom. The first-order chi connectivity index (χ1) is 6.84. The highest BCUT2D eigenvalue weighted by Gasteiger charge is 2.15. The number of piperazine rings is 1. The maximum Gasteiger partial charge on any atom is 0.0259 e. The Hall–Kier alpha value is -0.380. The first-order valence-electron chi connectivity index (χ1n) is 5.66. The second kappa shape index (κ2) is 4.91. The van der Waals surface area contributed by atoms with Gasteiger partial charge in [0, 0.05) is 32.7 Å². The highest BCUT2D eigenvalue weighted by Crippen LogP contribution is 2.16. The molecule has 1 aliphatic heterocycles. The Morgan fingerprint density at radius 3 is 2.43 bits per heavy atom. The fourth-order valence-electron chi connectivity index (χ4n) is 2.06.